The van der Waals surface area contributed by atoms with Crippen LogP contribution in [0.3, 0.4) is 0 Å². The highest BCUT2D eigenvalue weighted by Crippen LogP contribution is 2.08. The summed E-state index contributed by atoms with van der Waals surface area (Å²) >= 11 is 3.33. The van der Waals surface area contributed by atoms with Crippen LogP contribution < -0.4 is 11.0 Å². The van der Waals surface area contributed by atoms with Crippen LogP contribution in [0.5, 0.6) is 0 Å². The van der Waals surface area contributed by atoms with Gasteiger partial charge in [-0.2, -0.15) is 5.10 Å². The van der Waals surface area contributed by atoms with E-state index in [4.69, 9.17) is 0 Å². The first-order chi connectivity index (χ1) is 9.58. The molecule has 1 heterocycles. The lowest BCUT2D eigenvalue weighted by atomic mass is 10.2. The van der Waals surface area contributed by atoms with E-state index in [0.717, 1.165) is 10.0 Å². The monoisotopic (exact) mass is 333 g/mol. The van der Waals surface area contributed by atoms with E-state index in [-0.39, 0.29) is 11.1 Å². The summed E-state index contributed by atoms with van der Waals surface area (Å²) in [5.74, 6) is -0.528. The first-order valence-corrected chi connectivity index (χ1v) is 6.62. The molecular weight excluding hydrogens is 322 g/mol. The van der Waals surface area contributed by atoms with E-state index < -0.39 is 5.91 Å². The number of aryl methyl sites for hydroxylation is 1. The summed E-state index contributed by atoms with van der Waals surface area (Å²) in [6, 6.07) is 10.5. The molecule has 0 fully saturated rings. The molecular formula is C14H12BrN3O2. The molecule has 102 valence electrons. The maximum Gasteiger partial charge on any atom is 0.276 e. The van der Waals surface area contributed by atoms with E-state index >= 15 is 0 Å². The molecule has 0 atom stereocenters. The van der Waals surface area contributed by atoms with Gasteiger partial charge >= 0.3 is 0 Å². The van der Waals surface area contributed by atoms with Crippen LogP contribution in [-0.2, 0) is 7.05 Å². The van der Waals surface area contributed by atoms with Crippen molar-refractivity contribution in [2.45, 2.75) is 0 Å². The topological polar surface area (TPSA) is 63.5 Å². The Kier molecular flexibility index (Phi) is 4.47. The second-order valence-electron chi connectivity index (χ2n) is 4.09. The van der Waals surface area contributed by atoms with Gasteiger partial charge in [-0.3, -0.25) is 9.59 Å². The SMILES string of the molecule is Cn1cccc(C(=O)N/N=C\c2ccc(Br)cc2)c1=O. The van der Waals surface area contributed by atoms with Crippen molar-refractivity contribution in [1.82, 2.24) is 9.99 Å². The maximum absolute atomic E-state index is 11.8. The van der Waals surface area contributed by atoms with Crippen LogP contribution in [0.1, 0.15) is 15.9 Å². The minimum atomic E-state index is -0.528. The van der Waals surface area contributed by atoms with Gasteiger partial charge in [0.25, 0.3) is 11.5 Å². The molecule has 0 radical (unpaired) electrons. The lowest BCUT2D eigenvalue weighted by Crippen LogP contribution is -2.29. The Balaban J connectivity index is 2.07. The summed E-state index contributed by atoms with van der Waals surface area (Å²) < 4.78 is 2.30. The molecule has 2 rings (SSSR count). The number of halogens is 1. The highest BCUT2D eigenvalue weighted by molar-refractivity contribution is 9.10. The normalized spacial score (nSPS) is 10.7. The zero-order valence-electron chi connectivity index (χ0n) is 10.7. The summed E-state index contributed by atoms with van der Waals surface area (Å²) in [4.78, 5) is 23.5. The van der Waals surface area contributed by atoms with E-state index in [0.29, 0.717) is 0 Å². The van der Waals surface area contributed by atoms with Crippen molar-refractivity contribution in [2.24, 2.45) is 12.1 Å². The van der Waals surface area contributed by atoms with Crippen molar-refractivity contribution in [3.05, 3.63) is 68.5 Å². The Hall–Kier alpha value is -2.21. The van der Waals surface area contributed by atoms with Crippen LogP contribution in [0, 0.1) is 0 Å². The fourth-order valence-electron chi connectivity index (χ4n) is 1.54. The fraction of sp³-hybridized carbons (Fsp3) is 0.0714. The van der Waals surface area contributed by atoms with Crippen LogP contribution in [0.25, 0.3) is 0 Å². The number of carbonyl (C=O) groups excluding carboxylic acids is 1. The molecule has 1 aromatic heterocycles. The largest absolute Gasteiger partial charge is 0.318 e. The van der Waals surface area contributed by atoms with Gasteiger partial charge in [0.1, 0.15) is 5.56 Å². The number of nitrogens with one attached hydrogen (secondary N) is 1. The molecule has 1 aromatic carbocycles. The fourth-order valence-corrected chi connectivity index (χ4v) is 1.81. The Labute approximate surface area is 124 Å². The molecule has 2 aromatic rings. The van der Waals surface area contributed by atoms with Gasteiger partial charge in [0, 0.05) is 17.7 Å². The van der Waals surface area contributed by atoms with Crippen molar-refractivity contribution < 1.29 is 4.79 Å². The van der Waals surface area contributed by atoms with Crippen LogP contribution in [0.15, 0.2) is 57.0 Å². The van der Waals surface area contributed by atoms with Crippen molar-refractivity contribution >= 4 is 28.1 Å². The molecule has 1 amide bonds. The van der Waals surface area contributed by atoms with Gasteiger partial charge in [0.05, 0.1) is 6.21 Å². The number of hydrogen-bond acceptors (Lipinski definition) is 3. The van der Waals surface area contributed by atoms with E-state index in [2.05, 4.69) is 26.5 Å². The first kappa shape index (κ1) is 14.2. The van der Waals surface area contributed by atoms with Crippen LogP contribution in [0.4, 0.5) is 0 Å². The average molecular weight is 334 g/mol. The smallest absolute Gasteiger partial charge is 0.276 e. The number of nitrogens with zero attached hydrogens (tertiary/aromatic N) is 2. The Bertz CT molecular complexity index is 705. The highest BCUT2D eigenvalue weighted by atomic mass is 79.9. The second-order valence-corrected chi connectivity index (χ2v) is 5.00. The summed E-state index contributed by atoms with van der Waals surface area (Å²) in [5.41, 5.74) is 2.88. The van der Waals surface area contributed by atoms with Gasteiger partial charge in [-0.05, 0) is 29.8 Å². The number of hydrazone groups is 1. The molecule has 5 nitrogen and oxygen atoms in total. The van der Waals surface area contributed by atoms with Crippen LogP contribution in [0.2, 0.25) is 0 Å². The number of hydrogen-bond donors (Lipinski definition) is 1. The summed E-state index contributed by atoms with van der Waals surface area (Å²) in [6.07, 6.45) is 3.10. The Morgan fingerprint density at radius 3 is 2.70 bits per heavy atom. The second kappa shape index (κ2) is 6.29. The molecule has 0 aliphatic carbocycles. The minimum absolute atomic E-state index is 0.0583. The number of benzene rings is 1. The molecule has 0 bridgehead atoms. The number of carbonyl (C=O) groups is 1. The summed E-state index contributed by atoms with van der Waals surface area (Å²) in [5, 5.41) is 3.83. The van der Waals surface area contributed by atoms with Gasteiger partial charge in [0.2, 0.25) is 0 Å². The molecule has 0 unspecified atom stereocenters. The van der Waals surface area contributed by atoms with Gasteiger partial charge in [-0.25, -0.2) is 5.43 Å². The van der Waals surface area contributed by atoms with Gasteiger partial charge in [-0.1, -0.05) is 28.1 Å². The maximum atomic E-state index is 11.8. The Morgan fingerprint density at radius 2 is 2.00 bits per heavy atom. The van der Waals surface area contributed by atoms with Crippen molar-refractivity contribution in [2.75, 3.05) is 0 Å². The third kappa shape index (κ3) is 3.42. The number of aromatic nitrogens is 1. The molecule has 0 aliphatic rings. The minimum Gasteiger partial charge on any atom is -0.318 e. The molecule has 0 saturated carbocycles. The highest BCUT2D eigenvalue weighted by Gasteiger charge is 2.09. The van der Waals surface area contributed by atoms with E-state index in [1.54, 1.807) is 19.3 Å². The molecule has 1 N–H and O–H groups in total. The predicted molar refractivity (Wildman–Crippen MR) is 80.9 cm³/mol. The van der Waals surface area contributed by atoms with E-state index in [1.807, 2.05) is 24.3 Å². The van der Waals surface area contributed by atoms with Crippen LogP contribution >= 0.6 is 15.9 Å². The lowest BCUT2D eigenvalue weighted by molar-refractivity contribution is 0.0953. The van der Waals surface area contributed by atoms with Crippen molar-refractivity contribution in [3.8, 4) is 0 Å². The summed E-state index contributed by atoms with van der Waals surface area (Å²) in [6.45, 7) is 0. The summed E-state index contributed by atoms with van der Waals surface area (Å²) in [7, 11) is 1.59. The quantitative estimate of drug-likeness (QED) is 0.688. The molecule has 0 spiro atoms. The number of pyridine rings is 1. The first-order valence-electron chi connectivity index (χ1n) is 5.82. The van der Waals surface area contributed by atoms with E-state index in [1.165, 1.54) is 16.8 Å². The van der Waals surface area contributed by atoms with Crippen molar-refractivity contribution in [1.29, 1.82) is 0 Å². The van der Waals surface area contributed by atoms with Gasteiger partial charge in [0.15, 0.2) is 0 Å². The zero-order valence-corrected chi connectivity index (χ0v) is 12.3. The number of amides is 1. The molecule has 0 saturated heterocycles. The van der Waals surface area contributed by atoms with Crippen LogP contribution in [-0.4, -0.2) is 16.7 Å². The lowest BCUT2D eigenvalue weighted by Gasteiger charge is -2.01. The Morgan fingerprint density at radius 1 is 1.30 bits per heavy atom. The third-order valence-corrected chi connectivity index (χ3v) is 3.15. The molecule has 6 heteroatoms. The number of rotatable bonds is 3. The van der Waals surface area contributed by atoms with Gasteiger partial charge < -0.3 is 4.57 Å². The molecule has 20 heavy (non-hydrogen) atoms. The standard InChI is InChI=1S/C14H12BrN3O2/c1-18-8-2-3-12(14(18)20)13(19)17-16-9-10-4-6-11(15)7-5-10/h2-9H,1H3,(H,17,19)/b16-9-. The molecule has 0 aliphatic heterocycles. The van der Waals surface area contributed by atoms with Crippen molar-refractivity contribution in [3.63, 3.8) is 0 Å². The predicted octanol–water partition coefficient (Wildman–Crippen LogP) is 1.91. The van der Waals surface area contributed by atoms with Gasteiger partial charge in [-0.15, -0.1) is 0 Å². The van der Waals surface area contributed by atoms with E-state index in [9.17, 15) is 9.59 Å². The third-order valence-electron chi connectivity index (χ3n) is 2.62. The average Bonchev–Trinajstić information content (AvgIpc) is 2.44. The zero-order chi connectivity index (χ0) is 14.5.